The molecule has 0 saturated carbocycles. The topological polar surface area (TPSA) is 81.7 Å². The standard InChI is InChI=1S/C16H18F3NO5/c1-9(14(22)24-2)8-12(15(23)25-3)20-13(21)10-4-6-11(7-5-10)16(17,18)19/h4-7,9,12H,8H2,1-3H3,(H,20,21)/t9-,12-/m0/s1. The number of carbonyl (C=O) groups is 3. The predicted molar refractivity (Wildman–Crippen MR) is 80.5 cm³/mol. The smallest absolute Gasteiger partial charge is 0.416 e. The van der Waals surface area contributed by atoms with Crippen molar-refractivity contribution < 1.29 is 37.0 Å². The molecule has 2 atom stereocenters. The zero-order chi connectivity index (χ0) is 19.2. The number of hydrogen-bond donors (Lipinski definition) is 1. The summed E-state index contributed by atoms with van der Waals surface area (Å²) < 4.78 is 46.7. The molecule has 1 N–H and O–H groups in total. The van der Waals surface area contributed by atoms with Crippen molar-refractivity contribution in [3.8, 4) is 0 Å². The van der Waals surface area contributed by atoms with Crippen LogP contribution in [0.4, 0.5) is 13.2 Å². The van der Waals surface area contributed by atoms with Crippen LogP contribution >= 0.6 is 0 Å². The van der Waals surface area contributed by atoms with E-state index in [4.69, 9.17) is 0 Å². The Bertz CT molecular complexity index is 628. The van der Waals surface area contributed by atoms with Crippen LogP contribution in [0.3, 0.4) is 0 Å². The molecule has 0 heterocycles. The molecule has 0 aliphatic rings. The van der Waals surface area contributed by atoms with Crippen molar-refractivity contribution in [2.75, 3.05) is 14.2 Å². The molecule has 0 aliphatic carbocycles. The van der Waals surface area contributed by atoms with Crippen LogP contribution in [0.15, 0.2) is 24.3 Å². The van der Waals surface area contributed by atoms with E-state index in [1.54, 1.807) is 0 Å². The normalized spacial score (nSPS) is 13.5. The molecule has 0 saturated heterocycles. The van der Waals surface area contributed by atoms with Gasteiger partial charge >= 0.3 is 18.1 Å². The molecule has 1 aromatic carbocycles. The molecule has 0 aliphatic heterocycles. The van der Waals surface area contributed by atoms with Crippen LogP contribution in [0.2, 0.25) is 0 Å². The minimum absolute atomic E-state index is 0.0624. The Morgan fingerprint density at radius 2 is 1.56 bits per heavy atom. The Morgan fingerprint density at radius 1 is 1.04 bits per heavy atom. The number of nitrogens with one attached hydrogen (secondary N) is 1. The van der Waals surface area contributed by atoms with Gasteiger partial charge in [0.2, 0.25) is 0 Å². The first-order chi connectivity index (χ1) is 11.6. The molecule has 0 spiro atoms. The first-order valence-corrected chi connectivity index (χ1v) is 7.24. The van der Waals surface area contributed by atoms with Crippen molar-refractivity contribution in [1.29, 1.82) is 0 Å². The zero-order valence-electron chi connectivity index (χ0n) is 13.8. The van der Waals surface area contributed by atoms with Gasteiger partial charge in [-0.3, -0.25) is 9.59 Å². The number of hydrogen-bond acceptors (Lipinski definition) is 5. The minimum atomic E-state index is -4.51. The van der Waals surface area contributed by atoms with Crippen molar-refractivity contribution in [2.45, 2.75) is 25.6 Å². The number of esters is 2. The second kappa shape index (κ2) is 8.50. The van der Waals surface area contributed by atoms with Crippen LogP contribution in [0.25, 0.3) is 0 Å². The number of benzene rings is 1. The summed E-state index contributed by atoms with van der Waals surface area (Å²) in [5.74, 6) is -2.81. The molecule has 9 heteroatoms. The molecule has 6 nitrogen and oxygen atoms in total. The lowest BCUT2D eigenvalue weighted by Crippen LogP contribution is -2.43. The van der Waals surface area contributed by atoms with Gasteiger partial charge in [0.05, 0.1) is 25.7 Å². The van der Waals surface area contributed by atoms with Crippen molar-refractivity contribution in [3.63, 3.8) is 0 Å². The van der Waals surface area contributed by atoms with Crippen molar-refractivity contribution >= 4 is 17.8 Å². The first-order valence-electron chi connectivity index (χ1n) is 7.24. The number of methoxy groups -OCH3 is 2. The van der Waals surface area contributed by atoms with Gasteiger partial charge in [-0.05, 0) is 30.7 Å². The van der Waals surface area contributed by atoms with Crippen LogP contribution in [0.1, 0.15) is 29.3 Å². The highest BCUT2D eigenvalue weighted by molar-refractivity contribution is 5.96. The van der Waals surface area contributed by atoms with Crippen LogP contribution in [0.5, 0.6) is 0 Å². The Morgan fingerprint density at radius 3 is 2.00 bits per heavy atom. The average Bonchev–Trinajstić information content (AvgIpc) is 2.58. The molecule has 0 bridgehead atoms. The monoisotopic (exact) mass is 361 g/mol. The van der Waals surface area contributed by atoms with Gasteiger partial charge in [-0.1, -0.05) is 6.92 Å². The second-order valence-electron chi connectivity index (χ2n) is 5.28. The Labute approximate surface area is 142 Å². The van der Waals surface area contributed by atoms with Crippen molar-refractivity contribution in [1.82, 2.24) is 5.32 Å². The van der Waals surface area contributed by atoms with Crippen LogP contribution < -0.4 is 5.32 Å². The summed E-state index contributed by atoms with van der Waals surface area (Å²) in [4.78, 5) is 35.4. The lowest BCUT2D eigenvalue weighted by atomic mass is 10.0. The van der Waals surface area contributed by atoms with Gasteiger partial charge in [0, 0.05) is 5.56 Å². The SMILES string of the molecule is COC(=O)[C@H](C[C@H](C)C(=O)OC)NC(=O)c1ccc(C(F)(F)F)cc1. The summed E-state index contributed by atoms with van der Waals surface area (Å²) in [6.45, 7) is 1.51. The minimum Gasteiger partial charge on any atom is -0.469 e. The van der Waals surface area contributed by atoms with Crippen LogP contribution in [-0.2, 0) is 25.2 Å². The van der Waals surface area contributed by atoms with Gasteiger partial charge in [-0.2, -0.15) is 13.2 Å². The Balaban J connectivity index is 2.87. The predicted octanol–water partition coefficient (Wildman–Crippen LogP) is 2.18. The number of ether oxygens (including phenoxy) is 2. The number of alkyl halides is 3. The first kappa shape index (κ1) is 20.5. The van der Waals surface area contributed by atoms with E-state index in [9.17, 15) is 27.6 Å². The molecule has 1 rings (SSSR count). The molecule has 0 aromatic heterocycles. The summed E-state index contributed by atoms with van der Waals surface area (Å²) in [6.07, 6.45) is -4.59. The molecule has 0 radical (unpaired) electrons. The van der Waals surface area contributed by atoms with E-state index in [1.165, 1.54) is 14.0 Å². The zero-order valence-corrected chi connectivity index (χ0v) is 13.8. The van der Waals surface area contributed by atoms with E-state index < -0.39 is 41.5 Å². The largest absolute Gasteiger partial charge is 0.469 e. The van der Waals surface area contributed by atoms with Gasteiger partial charge in [-0.15, -0.1) is 0 Å². The summed E-state index contributed by atoms with van der Waals surface area (Å²) in [5, 5.41) is 2.35. The van der Waals surface area contributed by atoms with E-state index >= 15 is 0 Å². The second-order valence-corrected chi connectivity index (χ2v) is 5.28. The number of rotatable bonds is 6. The lowest BCUT2D eigenvalue weighted by molar-refractivity contribution is -0.147. The molecular formula is C16H18F3NO5. The van der Waals surface area contributed by atoms with Gasteiger partial charge in [-0.25, -0.2) is 4.79 Å². The van der Waals surface area contributed by atoms with E-state index in [0.717, 1.165) is 31.4 Å². The number of amides is 1. The maximum atomic E-state index is 12.5. The van der Waals surface area contributed by atoms with Crippen molar-refractivity contribution in [2.24, 2.45) is 5.92 Å². The highest BCUT2D eigenvalue weighted by atomic mass is 19.4. The van der Waals surface area contributed by atoms with E-state index in [-0.39, 0.29) is 12.0 Å². The van der Waals surface area contributed by atoms with Gasteiger partial charge < -0.3 is 14.8 Å². The molecule has 1 aromatic rings. The molecule has 1 amide bonds. The third-order valence-electron chi connectivity index (χ3n) is 3.46. The molecular weight excluding hydrogens is 343 g/mol. The maximum Gasteiger partial charge on any atom is 0.416 e. The number of halogens is 3. The third kappa shape index (κ3) is 5.77. The third-order valence-corrected chi connectivity index (χ3v) is 3.46. The van der Waals surface area contributed by atoms with Gasteiger partial charge in [0.1, 0.15) is 6.04 Å². The fourth-order valence-corrected chi connectivity index (χ4v) is 2.06. The number of carbonyl (C=O) groups excluding carboxylic acids is 3. The van der Waals surface area contributed by atoms with Crippen LogP contribution in [0, 0.1) is 5.92 Å². The summed E-state index contributed by atoms with van der Waals surface area (Å²) in [6, 6.07) is 2.37. The van der Waals surface area contributed by atoms with Crippen molar-refractivity contribution in [3.05, 3.63) is 35.4 Å². The van der Waals surface area contributed by atoms with E-state index in [1.807, 2.05) is 0 Å². The van der Waals surface area contributed by atoms with Crippen LogP contribution in [-0.4, -0.2) is 38.1 Å². The molecule has 25 heavy (non-hydrogen) atoms. The molecule has 138 valence electrons. The van der Waals surface area contributed by atoms with E-state index in [0.29, 0.717) is 0 Å². The van der Waals surface area contributed by atoms with Gasteiger partial charge in [0.25, 0.3) is 5.91 Å². The lowest BCUT2D eigenvalue weighted by Gasteiger charge is -2.19. The highest BCUT2D eigenvalue weighted by Crippen LogP contribution is 2.29. The summed E-state index contributed by atoms with van der Waals surface area (Å²) >= 11 is 0. The Kier molecular flexibility index (Phi) is 6.96. The van der Waals surface area contributed by atoms with Gasteiger partial charge in [0.15, 0.2) is 0 Å². The average molecular weight is 361 g/mol. The quantitative estimate of drug-likeness (QED) is 0.786. The molecule has 0 unspecified atom stereocenters. The fourth-order valence-electron chi connectivity index (χ4n) is 2.06. The maximum absolute atomic E-state index is 12.5. The fraction of sp³-hybridized carbons (Fsp3) is 0.438. The Hall–Kier alpha value is -2.58. The highest BCUT2D eigenvalue weighted by Gasteiger charge is 2.31. The van der Waals surface area contributed by atoms with E-state index in [2.05, 4.69) is 14.8 Å². The summed E-state index contributed by atoms with van der Waals surface area (Å²) in [7, 11) is 2.30. The summed E-state index contributed by atoms with van der Waals surface area (Å²) in [5.41, 5.74) is -0.958. The molecule has 0 fully saturated rings.